The van der Waals surface area contributed by atoms with Crippen LogP contribution in [-0.4, -0.2) is 11.7 Å². The number of thiocarbonyl (C=S) groups is 1. The van der Waals surface area contributed by atoms with Gasteiger partial charge in [-0.2, -0.15) is 0 Å². The molecule has 0 bridgehead atoms. The van der Waals surface area contributed by atoms with Crippen molar-refractivity contribution in [1.29, 1.82) is 0 Å². The van der Waals surface area contributed by atoms with Crippen molar-refractivity contribution in [2.45, 2.75) is 20.8 Å². The van der Waals surface area contributed by atoms with Crippen LogP contribution in [0.3, 0.4) is 0 Å². The van der Waals surface area contributed by atoms with E-state index in [1.807, 2.05) is 0 Å². The Balaban J connectivity index is 2.86. The molecule has 0 spiro atoms. The molecule has 0 saturated carbocycles. The Morgan fingerprint density at radius 2 is 2.12 bits per heavy atom. The Labute approximate surface area is 106 Å². The highest BCUT2D eigenvalue weighted by Crippen LogP contribution is 2.27. The first-order valence-corrected chi connectivity index (χ1v) is 5.67. The van der Waals surface area contributed by atoms with Crippen molar-refractivity contribution in [2.75, 3.05) is 11.9 Å². The average molecular weight is 256 g/mol. The first-order chi connectivity index (χ1) is 7.78. The van der Waals surface area contributed by atoms with Crippen LogP contribution in [0.2, 0.25) is 0 Å². The zero-order valence-corrected chi connectivity index (χ0v) is 11.0. The molecule has 0 unspecified atom stereocenters. The Morgan fingerprint density at radius 1 is 1.47 bits per heavy atom. The van der Waals surface area contributed by atoms with E-state index in [4.69, 9.17) is 22.7 Å². The van der Waals surface area contributed by atoms with E-state index >= 15 is 0 Å². The predicted octanol–water partition coefficient (Wildman–Crippen LogP) is 2.91. The molecule has 0 aliphatic carbocycles. The van der Waals surface area contributed by atoms with E-state index in [1.54, 1.807) is 6.07 Å². The molecule has 1 aromatic rings. The molecule has 0 saturated heterocycles. The number of rotatable bonds is 3. The van der Waals surface area contributed by atoms with Gasteiger partial charge in [-0.1, -0.05) is 20.8 Å². The van der Waals surface area contributed by atoms with Gasteiger partial charge < -0.3 is 15.8 Å². The summed E-state index contributed by atoms with van der Waals surface area (Å²) in [6, 6.07) is 4.20. The van der Waals surface area contributed by atoms with Gasteiger partial charge in [-0.25, -0.2) is 4.39 Å². The van der Waals surface area contributed by atoms with Crippen LogP contribution in [0.15, 0.2) is 18.2 Å². The van der Waals surface area contributed by atoms with Crippen molar-refractivity contribution >= 4 is 23.0 Å². The summed E-state index contributed by atoms with van der Waals surface area (Å²) >= 11 is 4.73. The smallest absolute Gasteiger partial charge is 0.168 e. The van der Waals surface area contributed by atoms with Gasteiger partial charge in [0.25, 0.3) is 0 Å². The summed E-state index contributed by atoms with van der Waals surface area (Å²) in [4.78, 5) is 0. The Bertz CT molecular complexity index is 415. The van der Waals surface area contributed by atoms with Crippen molar-refractivity contribution in [3.63, 3.8) is 0 Å². The SMILES string of the molecule is CC(C)(C)COc1ccc(F)cc1NC(N)=S. The van der Waals surface area contributed by atoms with Crippen molar-refractivity contribution in [3.8, 4) is 5.75 Å². The molecule has 1 rings (SSSR count). The highest BCUT2D eigenvalue weighted by Gasteiger charge is 2.13. The maximum absolute atomic E-state index is 13.1. The normalized spacial score (nSPS) is 11.1. The number of hydrogen-bond acceptors (Lipinski definition) is 2. The van der Waals surface area contributed by atoms with E-state index in [1.165, 1.54) is 12.1 Å². The van der Waals surface area contributed by atoms with Crippen molar-refractivity contribution in [3.05, 3.63) is 24.0 Å². The number of hydrogen-bond donors (Lipinski definition) is 2. The number of ether oxygens (including phenoxy) is 1. The van der Waals surface area contributed by atoms with Gasteiger partial charge in [0.2, 0.25) is 0 Å². The number of nitrogens with one attached hydrogen (secondary N) is 1. The van der Waals surface area contributed by atoms with E-state index in [-0.39, 0.29) is 16.3 Å². The summed E-state index contributed by atoms with van der Waals surface area (Å²) in [5, 5.41) is 2.77. The second kappa shape index (κ2) is 5.31. The molecule has 0 aliphatic rings. The maximum atomic E-state index is 13.1. The molecule has 94 valence electrons. The van der Waals surface area contributed by atoms with Crippen LogP contribution in [0.25, 0.3) is 0 Å². The third-order valence-electron chi connectivity index (χ3n) is 1.86. The zero-order valence-electron chi connectivity index (χ0n) is 10.2. The summed E-state index contributed by atoms with van der Waals surface area (Å²) < 4.78 is 18.7. The maximum Gasteiger partial charge on any atom is 0.168 e. The van der Waals surface area contributed by atoms with Crippen molar-refractivity contribution in [1.82, 2.24) is 0 Å². The van der Waals surface area contributed by atoms with Crippen LogP contribution < -0.4 is 15.8 Å². The summed E-state index contributed by atoms with van der Waals surface area (Å²) in [7, 11) is 0. The van der Waals surface area contributed by atoms with Gasteiger partial charge >= 0.3 is 0 Å². The first-order valence-electron chi connectivity index (χ1n) is 5.27. The minimum Gasteiger partial charge on any atom is -0.491 e. The van der Waals surface area contributed by atoms with Crippen LogP contribution >= 0.6 is 12.2 Å². The molecule has 3 N–H and O–H groups in total. The lowest BCUT2D eigenvalue weighted by atomic mass is 9.99. The third kappa shape index (κ3) is 4.99. The zero-order chi connectivity index (χ0) is 13.1. The quantitative estimate of drug-likeness (QED) is 0.816. The molecular formula is C12H17FN2OS. The summed E-state index contributed by atoms with van der Waals surface area (Å²) in [6.45, 7) is 6.68. The van der Waals surface area contributed by atoms with E-state index in [0.717, 1.165) is 0 Å². The molecule has 17 heavy (non-hydrogen) atoms. The number of nitrogens with two attached hydrogens (primary N) is 1. The number of benzene rings is 1. The topological polar surface area (TPSA) is 47.3 Å². The fraction of sp³-hybridized carbons (Fsp3) is 0.417. The lowest BCUT2D eigenvalue weighted by Crippen LogP contribution is -2.21. The lowest BCUT2D eigenvalue weighted by Gasteiger charge is -2.20. The van der Waals surface area contributed by atoms with Crippen LogP contribution in [-0.2, 0) is 0 Å². The second-order valence-corrected chi connectivity index (χ2v) is 5.42. The minimum absolute atomic E-state index is 0.0227. The molecule has 0 fully saturated rings. The van der Waals surface area contributed by atoms with Gasteiger partial charge in [-0.3, -0.25) is 0 Å². The van der Waals surface area contributed by atoms with Gasteiger partial charge in [0.15, 0.2) is 5.11 Å². The van der Waals surface area contributed by atoms with Gasteiger partial charge in [-0.15, -0.1) is 0 Å². The standard InChI is InChI=1S/C12H17FN2OS/c1-12(2,3)7-16-10-5-4-8(13)6-9(10)15-11(14)17/h4-6H,7H2,1-3H3,(H3,14,15,17). The van der Waals surface area contributed by atoms with Crippen LogP contribution in [0.1, 0.15) is 20.8 Å². The number of halogens is 1. The molecule has 0 aromatic heterocycles. The molecule has 5 heteroatoms. The molecule has 3 nitrogen and oxygen atoms in total. The molecular weight excluding hydrogens is 239 g/mol. The average Bonchev–Trinajstić information content (AvgIpc) is 2.14. The largest absolute Gasteiger partial charge is 0.491 e. The van der Waals surface area contributed by atoms with E-state index in [9.17, 15) is 4.39 Å². The second-order valence-electron chi connectivity index (χ2n) is 4.98. The molecule has 0 heterocycles. The molecule has 1 aromatic carbocycles. The molecule has 0 atom stereocenters. The molecule has 0 amide bonds. The van der Waals surface area contributed by atoms with E-state index in [0.29, 0.717) is 18.0 Å². The van der Waals surface area contributed by atoms with Crippen molar-refractivity contribution < 1.29 is 9.13 Å². The summed E-state index contributed by atoms with van der Waals surface area (Å²) in [5.41, 5.74) is 5.84. The lowest BCUT2D eigenvalue weighted by molar-refractivity contribution is 0.198. The van der Waals surface area contributed by atoms with Crippen LogP contribution in [0.4, 0.5) is 10.1 Å². The van der Waals surface area contributed by atoms with E-state index < -0.39 is 0 Å². The highest BCUT2D eigenvalue weighted by atomic mass is 32.1. The number of anilines is 1. The van der Waals surface area contributed by atoms with Gasteiger partial charge in [0.1, 0.15) is 11.6 Å². The van der Waals surface area contributed by atoms with Gasteiger partial charge in [0.05, 0.1) is 12.3 Å². The minimum atomic E-state index is -0.369. The molecule has 0 aliphatic heterocycles. The Kier molecular flexibility index (Phi) is 4.28. The van der Waals surface area contributed by atoms with Crippen molar-refractivity contribution in [2.24, 2.45) is 11.1 Å². The van der Waals surface area contributed by atoms with Gasteiger partial charge in [-0.05, 0) is 29.8 Å². The summed E-state index contributed by atoms with van der Waals surface area (Å²) in [5.74, 6) is 0.168. The Hall–Kier alpha value is -1.36. The van der Waals surface area contributed by atoms with Crippen LogP contribution in [0.5, 0.6) is 5.75 Å². The third-order valence-corrected chi connectivity index (χ3v) is 1.96. The monoisotopic (exact) mass is 256 g/mol. The van der Waals surface area contributed by atoms with Crippen LogP contribution in [0, 0.1) is 11.2 Å². The van der Waals surface area contributed by atoms with Gasteiger partial charge in [0, 0.05) is 6.07 Å². The fourth-order valence-corrected chi connectivity index (χ4v) is 1.26. The molecule has 0 radical (unpaired) electrons. The first kappa shape index (κ1) is 13.7. The highest BCUT2D eigenvalue weighted by molar-refractivity contribution is 7.80. The predicted molar refractivity (Wildman–Crippen MR) is 71.8 cm³/mol. The fourth-order valence-electron chi connectivity index (χ4n) is 1.15. The summed E-state index contributed by atoms with van der Waals surface area (Å²) in [6.07, 6.45) is 0. The van der Waals surface area contributed by atoms with E-state index in [2.05, 4.69) is 26.1 Å². The Morgan fingerprint density at radius 3 is 2.65 bits per heavy atom.